The lowest BCUT2D eigenvalue weighted by molar-refractivity contribution is -0.123. The molecular weight excluding hydrogens is 849 g/mol. The number of anilines is 2. The van der Waals surface area contributed by atoms with Crippen molar-refractivity contribution in [1.82, 2.24) is 9.80 Å². The average molecular weight is 883 g/mol. The number of benzene rings is 3. The summed E-state index contributed by atoms with van der Waals surface area (Å²) in [4.78, 5) is 55.4. The summed E-state index contributed by atoms with van der Waals surface area (Å²) < 4.78 is 34.1. The number of rotatable bonds is 16. The van der Waals surface area contributed by atoms with Crippen molar-refractivity contribution in [2.75, 3.05) is 38.1 Å². The van der Waals surface area contributed by atoms with E-state index in [2.05, 4.69) is 10.6 Å². The lowest BCUT2D eigenvalue weighted by Gasteiger charge is -2.13. The summed E-state index contributed by atoms with van der Waals surface area (Å²) in [6.07, 6.45) is 6.51. The molecule has 2 aliphatic rings. The number of nitrogens with zero attached hydrogens (tertiary/aromatic N) is 2. The highest BCUT2D eigenvalue weighted by molar-refractivity contribution is 8.27. The first-order valence-corrected chi connectivity index (χ1v) is 20.4. The van der Waals surface area contributed by atoms with Crippen LogP contribution in [0.15, 0.2) is 116 Å². The fourth-order valence-electron chi connectivity index (χ4n) is 5.80. The van der Waals surface area contributed by atoms with Crippen molar-refractivity contribution in [3.63, 3.8) is 0 Å². The van der Waals surface area contributed by atoms with Gasteiger partial charge in [-0.2, -0.15) is 0 Å². The molecule has 14 nitrogen and oxygen atoms in total. The van der Waals surface area contributed by atoms with Gasteiger partial charge in [-0.1, -0.05) is 60.1 Å². The van der Waals surface area contributed by atoms with Crippen LogP contribution in [0.5, 0.6) is 23.0 Å². The van der Waals surface area contributed by atoms with Gasteiger partial charge in [0.25, 0.3) is 23.6 Å². The first-order valence-electron chi connectivity index (χ1n) is 17.9. The van der Waals surface area contributed by atoms with Crippen LogP contribution in [0.1, 0.15) is 22.6 Å². The molecule has 3 aromatic carbocycles. The van der Waals surface area contributed by atoms with Gasteiger partial charge in [0, 0.05) is 11.4 Å². The molecule has 4 amide bonds. The Hall–Kier alpha value is -6.34. The van der Waals surface area contributed by atoms with Crippen molar-refractivity contribution in [1.29, 1.82) is 0 Å². The summed E-state index contributed by atoms with van der Waals surface area (Å²) in [5.41, 5.74) is 2.33. The predicted molar refractivity (Wildman–Crippen MR) is 236 cm³/mol. The lowest BCUT2D eigenvalue weighted by atomic mass is 10.2. The zero-order chi connectivity index (χ0) is 42.2. The summed E-state index contributed by atoms with van der Waals surface area (Å²) in [5.74, 6) is 1.36. The Kier molecular flexibility index (Phi) is 13.3. The van der Waals surface area contributed by atoms with Crippen molar-refractivity contribution < 1.29 is 47.0 Å². The monoisotopic (exact) mass is 882 g/mol. The first-order chi connectivity index (χ1) is 29.1. The van der Waals surface area contributed by atoms with Gasteiger partial charge in [0.05, 0.1) is 49.6 Å². The van der Waals surface area contributed by atoms with E-state index in [0.29, 0.717) is 75.5 Å². The number of nitrogens with one attached hydrogen (secondary N) is 2. The van der Waals surface area contributed by atoms with E-state index in [4.69, 9.17) is 52.2 Å². The minimum atomic E-state index is -0.424. The zero-order valence-corrected chi connectivity index (χ0v) is 35.1. The molecule has 0 spiro atoms. The standard InChI is InChI=1S/C42H34N4O10S4/c1-51-33-17-25(19-35-39(49)45(41(57)59-35)21-29-5-3-15-53-29)7-13-31(33)55-23-37(47)43-27-9-11-28(12-10-27)44-38(48)24-56-32-14-8-26(18-34(32)52-2)20-36-40(50)46(42(58)60-36)22-30-6-4-16-54-30/h3-20H,21-24H2,1-2H3,(H,43,47)(H,44,48). The Bertz CT molecular complexity index is 2330. The van der Waals surface area contributed by atoms with Gasteiger partial charge in [-0.05, 0) is 96.1 Å². The van der Waals surface area contributed by atoms with Crippen molar-refractivity contribution in [2.45, 2.75) is 13.1 Å². The Morgan fingerprint density at radius 1 is 0.633 bits per heavy atom. The Morgan fingerprint density at radius 2 is 1.05 bits per heavy atom. The average Bonchev–Trinajstić information content (AvgIpc) is 4.06. The molecule has 0 bridgehead atoms. The fourth-order valence-corrected chi connectivity index (χ4v) is 8.31. The van der Waals surface area contributed by atoms with Crippen molar-refractivity contribution in [3.8, 4) is 23.0 Å². The van der Waals surface area contributed by atoms with Crippen LogP contribution in [0.25, 0.3) is 12.2 Å². The molecule has 2 N–H and O–H groups in total. The number of thioether (sulfide) groups is 2. The second-order valence-corrected chi connectivity index (χ2v) is 16.1. The summed E-state index contributed by atoms with van der Waals surface area (Å²) in [6.45, 7) is -0.132. The van der Waals surface area contributed by atoms with Crippen LogP contribution in [0.2, 0.25) is 0 Å². The Balaban J connectivity index is 0.867. The largest absolute Gasteiger partial charge is 0.493 e. The number of methoxy groups -OCH3 is 2. The molecule has 0 atom stereocenters. The molecule has 0 aliphatic carbocycles. The highest BCUT2D eigenvalue weighted by atomic mass is 32.2. The maximum absolute atomic E-state index is 13.0. The number of thiocarbonyl (C=S) groups is 2. The predicted octanol–water partition coefficient (Wildman–Crippen LogP) is 7.73. The van der Waals surface area contributed by atoms with Crippen LogP contribution in [0.3, 0.4) is 0 Å². The first kappa shape index (κ1) is 41.8. The van der Waals surface area contributed by atoms with Crippen molar-refractivity contribution in [2.24, 2.45) is 0 Å². The molecule has 0 unspecified atom stereocenters. The maximum Gasteiger partial charge on any atom is 0.266 e. The number of carbonyl (C=O) groups is 4. The third kappa shape index (κ3) is 10.3. The Labute approximate surface area is 362 Å². The molecule has 18 heteroatoms. The van der Waals surface area contributed by atoms with E-state index in [-0.39, 0.29) is 38.1 Å². The van der Waals surface area contributed by atoms with Crippen LogP contribution in [-0.4, -0.2) is 69.5 Å². The lowest BCUT2D eigenvalue weighted by Crippen LogP contribution is -2.27. The van der Waals surface area contributed by atoms with Crippen LogP contribution in [0.4, 0.5) is 11.4 Å². The van der Waals surface area contributed by atoms with E-state index >= 15 is 0 Å². The number of hydrogen-bond acceptors (Lipinski definition) is 14. The van der Waals surface area contributed by atoms with Gasteiger partial charge >= 0.3 is 0 Å². The maximum atomic E-state index is 13.0. The van der Waals surface area contributed by atoms with E-state index in [9.17, 15) is 19.2 Å². The minimum absolute atomic E-state index is 0.226. The van der Waals surface area contributed by atoms with Crippen LogP contribution >= 0.6 is 48.0 Å². The molecule has 2 fully saturated rings. The molecule has 306 valence electrons. The Morgan fingerprint density at radius 3 is 1.42 bits per heavy atom. The molecule has 2 saturated heterocycles. The van der Waals surface area contributed by atoms with E-state index in [0.717, 1.165) is 0 Å². The van der Waals surface area contributed by atoms with Gasteiger partial charge in [0.1, 0.15) is 20.2 Å². The highest BCUT2D eigenvalue weighted by Crippen LogP contribution is 2.37. The number of amides is 4. The second kappa shape index (κ2) is 19.2. The third-order valence-electron chi connectivity index (χ3n) is 8.68. The van der Waals surface area contributed by atoms with E-state index in [1.807, 2.05) is 0 Å². The number of ether oxygens (including phenoxy) is 4. The molecule has 0 radical (unpaired) electrons. The molecule has 60 heavy (non-hydrogen) atoms. The summed E-state index contributed by atoms with van der Waals surface area (Å²) in [5, 5.41) is 5.51. The van der Waals surface area contributed by atoms with E-state index < -0.39 is 11.8 Å². The molecule has 4 heterocycles. The molecular formula is C42H34N4O10S4. The van der Waals surface area contributed by atoms with Crippen LogP contribution in [0, 0.1) is 0 Å². The molecule has 5 aromatic rings. The van der Waals surface area contributed by atoms with Gasteiger partial charge in [0.2, 0.25) is 0 Å². The SMILES string of the molecule is COc1cc(C=C2SC(=S)N(Cc3ccco3)C2=O)ccc1OCC(=O)Nc1ccc(NC(=O)COc2ccc(C=C3SC(=S)N(Cc4ccco4)C3=O)cc2OC)cc1. The topological polar surface area (TPSA) is 162 Å². The normalized spacial score (nSPS) is 15.2. The fraction of sp³-hybridized carbons (Fsp3) is 0.143. The second-order valence-electron chi connectivity index (χ2n) is 12.8. The van der Waals surface area contributed by atoms with Crippen LogP contribution < -0.4 is 29.6 Å². The molecule has 0 saturated carbocycles. The quantitative estimate of drug-likeness (QED) is 0.0732. The molecule has 7 rings (SSSR count). The summed E-state index contributed by atoms with van der Waals surface area (Å²) >= 11 is 13.2. The number of furan rings is 2. The highest BCUT2D eigenvalue weighted by Gasteiger charge is 2.34. The number of hydrogen-bond donors (Lipinski definition) is 2. The molecule has 2 aromatic heterocycles. The van der Waals surface area contributed by atoms with Crippen LogP contribution in [-0.2, 0) is 32.3 Å². The number of carbonyl (C=O) groups excluding carboxylic acids is 4. The summed E-state index contributed by atoms with van der Waals surface area (Å²) in [6, 6.07) is 23.8. The van der Waals surface area contributed by atoms with Gasteiger partial charge in [0.15, 0.2) is 36.2 Å². The van der Waals surface area contributed by atoms with E-state index in [1.165, 1.54) is 47.5 Å². The molecule has 2 aliphatic heterocycles. The zero-order valence-electron chi connectivity index (χ0n) is 31.8. The smallest absolute Gasteiger partial charge is 0.266 e. The van der Waals surface area contributed by atoms with Gasteiger partial charge in [-0.15, -0.1) is 0 Å². The third-order valence-corrected chi connectivity index (χ3v) is 11.4. The van der Waals surface area contributed by atoms with Crippen molar-refractivity contribution >= 4 is 104 Å². The summed E-state index contributed by atoms with van der Waals surface area (Å²) in [7, 11) is 2.95. The minimum Gasteiger partial charge on any atom is -0.493 e. The van der Waals surface area contributed by atoms with Gasteiger partial charge < -0.3 is 38.4 Å². The van der Waals surface area contributed by atoms with E-state index in [1.54, 1.807) is 110 Å². The van der Waals surface area contributed by atoms with Crippen molar-refractivity contribution in [3.05, 3.63) is 130 Å². The van der Waals surface area contributed by atoms with Gasteiger partial charge in [-0.25, -0.2) is 0 Å². The van der Waals surface area contributed by atoms with Gasteiger partial charge in [-0.3, -0.25) is 29.0 Å².